The molecule has 0 aromatic carbocycles. The van der Waals surface area contributed by atoms with Crippen molar-refractivity contribution in [1.29, 1.82) is 5.26 Å². The van der Waals surface area contributed by atoms with Crippen LogP contribution >= 0.6 is 0 Å². The van der Waals surface area contributed by atoms with Crippen molar-refractivity contribution in [3.8, 4) is 6.07 Å². The second-order valence-corrected chi connectivity index (χ2v) is 6.07. The van der Waals surface area contributed by atoms with Gasteiger partial charge in [0.2, 0.25) is 0 Å². The minimum atomic E-state index is -0.0470. The van der Waals surface area contributed by atoms with Crippen LogP contribution in [0, 0.1) is 11.3 Å². The number of aromatic nitrogens is 3. The highest BCUT2D eigenvalue weighted by molar-refractivity contribution is 5.50. The number of nitrogens with one attached hydrogen (secondary N) is 1. The highest BCUT2D eigenvalue weighted by Crippen LogP contribution is 2.26. The van der Waals surface area contributed by atoms with E-state index in [1.807, 2.05) is 17.0 Å². The minimum absolute atomic E-state index is 0.0470. The number of pyridine rings is 1. The van der Waals surface area contributed by atoms with Crippen molar-refractivity contribution in [2.75, 3.05) is 36.5 Å². The number of nitriles is 1. The van der Waals surface area contributed by atoms with Crippen LogP contribution in [0.4, 0.5) is 11.5 Å². The smallest absolute Gasteiger partial charge is 0.183 e. The van der Waals surface area contributed by atoms with Crippen molar-refractivity contribution in [3.63, 3.8) is 0 Å². The first kappa shape index (κ1) is 15.7. The SMILES string of the molecule is N#Cc1nccnc1N1C[C@@H]2OCC(Nc3cccnc3)CO[C@H]2C1. The zero-order valence-electron chi connectivity index (χ0n) is 13.6. The summed E-state index contributed by atoms with van der Waals surface area (Å²) in [5, 5.41) is 12.6. The average molecular weight is 338 g/mol. The summed E-state index contributed by atoms with van der Waals surface area (Å²) in [6.45, 7) is 2.38. The summed E-state index contributed by atoms with van der Waals surface area (Å²) in [6, 6.07) is 6.03. The number of nitrogens with zero attached hydrogens (tertiary/aromatic N) is 5. The van der Waals surface area contributed by atoms with Gasteiger partial charge in [-0.3, -0.25) is 4.98 Å². The Bertz CT molecular complexity index is 749. The van der Waals surface area contributed by atoms with Crippen molar-refractivity contribution in [3.05, 3.63) is 42.6 Å². The molecule has 2 saturated heterocycles. The van der Waals surface area contributed by atoms with E-state index in [9.17, 15) is 5.26 Å². The summed E-state index contributed by atoms with van der Waals surface area (Å²) in [5.41, 5.74) is 1.28. The van der Waals surface area contributed by atoms with Gasteiger partial charge in [-0.25, -0.2) is 9.97 Å². The van der Waals surface area contributed by atoms with Crippen LogP contribution in [-0.4, -0.2) is 59.5 Å². The molecule has 2 atom stereocenters. The molecule has 0 spiro atoms. The largest absolute Gasteiger partial charge is 0.376 e. The van der Waals surface area contributed by atoms with E-state index in [2.05, 4.69) is 26.3 Å². The van der Waals surface area contributed by atoms with Crippen molar-refractivity contribution >= 4 is 11.5 Å². The molecule has 0 aliphatic carbocycles. The highest BCUT2D eigenvalue weighted by Gasteiger charge is 2.38. The number of hydrogen-bond acceptors (Lipinski definition) is 8. The third-order valence-electron chi connectivity index (χ3n) is 4.35. The Hall–Kier alpha value is -2.76. The Morgan fingerprint density at radius 1 is 1.12 bits per heavy atom. The van der Waals surface area contributed by atoms with E-state index < -0.39 is 0 Å². The Kier molecular flexibility index (Phi) is 4.41. The van der Waals surface area contributed by atoms with E-state index in [0.717, 1.165) is 5.69 Å². The summed E-state index contributed by atoms with van der Waals surface area (Å²) < 4.78 is 12.1. The molecule has 2 aliphatic rings. The lowest BCUT2D eigenvalue weighted by Gasteiger charge is -2.20. The number of fused-ring (bicyclic) bond motifs is 1. The molecule has 4 heterocycles. The Morgan fingerprint density at radius 3 is 2.56 bits per heavy atom. The van der Waals surface area contributed by atoms with Crippen molar-refractivity contribution in [2.24, 2.45) is 0 Å². The summed E-state index contributed by atoms with van der Waals surface area (Å²) in [4.78, 5) is 14.5. The Balaban J connectivity index is 1.40. The third kappa shape index (κ3) is 3.38. The maximum atomic E-state index is 9.20. The fourth-order valence-corrected chi connectivity index (χ4v) is 3.17. The standard InChI is InChI=1S/C17H18N6O2/c18-6-14-17(21-5-4-20-14)23-8-15-16(9-23)25-11-13(10-24-15)22-12-2-1-3-19-7-12/h1-5,7,13,15-16,22H,8-11H2/t15-,16-/m0/s1. The molecule has 0 radical (unpaired) electrons. The lowest BCUT2D eigenvalue weighted by molar-refractivity contribution is -0.00461. The van der Waals surface area contributed by atoms with Gasteiger partial charge in [0, 0.05) is 37.9 Å². The molecule has 25 heavy (non-hydrogen) atoms. The van der Waals surface area contributed by atoms with E-state index in [4.69, 9.17) is 9.47 Å². The predicted molar refractivity (Wildman–Crippen MR) is 90.1 cm³/mol. The summed E-state index contributed by atoms with van der Waals surface area (Å²) in [7, 11) is 0. The molecule has 4 rings (SSSR count). The first-order valence-electron chi connectivity index (χ1n) is 8.19. The van der Waals surface area contributed by atoms with Crippen LogP contribution in [0.15, 0.2) is 36.9 Å². The van der Waals surface area contributed by atoms with Gasteiger partial charge in [-0.2, -0.15) is 5.26 Å². The van der Waals surface area contributed by atoms with Crippen LogP contribution in [-0.2, 0) is 9.47 Å². The minimum Gasteiger partial charge on any atom is -0.376 e. The van der Waals surface area contributed by atoms with Gasteiger partial charge >= 0.3 is 0 Å². The zero-order chi connectivity index (χ0) is 17.1. The molecule has 8 heteroatoms. The fraction of sp³-hybridized carbons (Fsp3) is 0.412. The molecular formula is C17H18N6O2. The summed E-state index contributed by atoms with van der Waals surface area (Å²) in [5.74, 6) is 0.593. The summed E-state index contributed by atoms with van der Waals surface area (Å²) in [6.07, 6.45) is 6.55. The van der Waals surface area contributed by atoms with E-state index in [1.54, 1.807) is 18.6 Å². The molecule has 8 nitrogen and oxygen atoms in total. The fourth-order valence-electron chi connectivity index (χ4n) is 3.17. The van der Waals surface area contributed by atoms with Crippen molar-refractivity contribution < 1.29 is 9.47 Å². The molecule has 128 valence electrons. The molecule has 2 aliphatic heterocycles. The third-order valence-corrected chi connectivity index (χ3v) is 4.35. The van der Waals surface area contributed by atoms with Crippen LogP contribution in [0.2, 0.25) is 0 Å². The van der Waals surface area contributed by atoms with Gasteiger partial charge in [-0.15, -0.1) is 0 Å². The monoisotopic (exact) mass is 338 g/mol. The second-order valence-electron chi connectivity index (χ2n) is 6.07. The van der Waals surface area contributed by atoms with Crippen LogP contribution < -0.4 is 10.2 Å². The van der Waals surface area contributed by atoms with Gasteiger partial charge in [0.1, 0.15) is 18.3 Å². The van der Waals surface area contributed by atoms with E-state index in [-0.39, 0.29) is 18.2 Å². The van der Waals surface area contributed by atoms with E-state index in [1.165, 1.54) is 6.20 Å². The van der Waals surface area contributed by atoms with Crippen LogP contribution in [0.3, 0.4) is 0 Å². The van der Waals surface area contributed by atoms with Crippen molar-refractivity contribution in [1.82, 2.24) is 15.0 Å². The zero-order valence-corrected chi connectivity index (χ0v) is 13.6. The van der Waals surface area contributed by atoms with Gasteiger partial charge in [-0.05, 0) is 12.1 Å². The molecule has 0 unspecified atom stereocenters. The quantitative estimate of drug-likeness (QED) is 0.879. The Labute approximate surface area is 145 Å². The molecule has 2 aromatic heterocycles. The van der Waals surface area contributed by atoms with Gasteiger partial charge in [0.05, 0.1) is 24.9 Å². The van der Waals surface area contributed by atoms with Crippen LogP contribution in [0.5, 0.6) is 0 Å². The molecule has 0 bridgehead atoms. The first-order valence-corrected chi connectivity index (χ1v) is 8.19. The highest BCUT2D eigenvalue weighted by atomic mass is 16.6. The van der Waals surface area contributed by atoms with Gasteiger partial charge in [0.15, 0.2) is 11.5 Å². The number of rotatable bonds is 3. The predicted octanol–water partition coefficient (Wildman–Crippen LogP) is 0.828. The first-order chi connectivity index (χ1) is 12.3. The van der Waals surface area contributed by atoms with E-state index in [0.29, 0.717) is 37.8 Å². The molecule has 1 N–H and O–H groups in total. The molecule has 0 amide bonds. The van der Waals surface area contributed by atoms with Crippen molar-refractivity contribution in [2.45, 2.75) is 18.2 Å². The summed E-state index contributed by atoms with van der Waals surface area (Å²) >= 11 is 0. The topological polar surface area (TPSA) is 96.2 Å². The lowest BCUT2D eigenvalue weighted by atomic mass is 10.3. The normalized spacial score (nSPS) is 23.6. The number of ether oxygens (including phenoxy) is 2. The van der Waals surface area contributed by atoms with Gasteiger partial charge < -0.3 is 19.7 Å². The second kappa shape index (κ2) is 7.01. The maximum absolute atomic E-state index is 9.20. The molecule has 2 aromatic rings. The number of hydrogen-bond donors (Lipinski definition) is 1. The van der Waals surface area contributed by atoms with Crippen LogP contribution in [0.25, 0.3) is 0 Å². The van der Waals surface area contributed by atoms with Crippen LogP contribution in [0.1, 0.15) is 5.69 Å². The number of anilines is 2. The Morgan fingerprint density at radius 2 is 1.88 bits per heavy atom. The van der Waals surface area contributed by atoms with Gasteiger partial charge in [-0.1, -0.05) is 0 Å². The lowest BCUT2D eigenvalue weighted by Crippen LogP contribution is -2.31. The average Bonchev–Trinajstić information content (AvgIpc) is 2.99. The molecular weight excluding hydrogens is 320 g/mol. The molecule has 2 fully saturated rings. The van der Waals surface area contributed by atoms with Gasteiger partial charge in [0.25, 0.3) is 0 Å². The molecule has 0 saturated carbocycles. The maximum Gasteiger partial charge on any atom is 0.183 e. The van der Waals surface area contributed by atoms with E-state index >= 15 is 0 Å².